The molecule has 8 nitrogen and oxygen atoms in total. The molecule has 2 N–H and O–H groups in total. The average Bonchev–Trinajstić information content (AvgIpc) is 3.95. The number of rotatable bonds is 15. The number of nitrogens with zero attached hydrogens (tertiary/aromatic N) is 2. The van der Waals surface area contributed by atoms with Crippen LogP contribution in [0.15, 0.2) is 66.2 Å². The van der Waals surface area contributed by atoms with Crippen molar-refractivity contribution in [3.8, 4) is 5.75 Å². The molecular formula is C40H44F3N3O5. The van der Waals surface area contributed by atoms with Gasteiger partial charge >= 0.3 is 5.97 Å². The monoisotopic (exact) mass is 703 g/mol. The maximum absolute atomic E-state index is 14.7. The van der Waals surface area contributed by atoms with Gasteiger partial charge in [-0.05, 0) is 86.3 Å². The van der Waals surface area contributed by atoms with Crippen LogP contribution in [0.4, 0.5) is 13.2 Å². The van der Waals surface area contributed by atoms with Gasteiger partial charge in [-0.15, -0.1) is 0 Å². The minimum Gasteiger partial charge on any atom is -0.488 e. The van der Waals surface area contributed by atoms with Gasteiger partial charge < -0.3 is 25.0 Å². The Kier molecular flexibility index (Phi) is 11.4. The summed E-state index contributed by atoms with van der Waals surface area (Å²) in [5.74, 6) is -5.23. The quantitative estimate of drug-likeness (QED) is 0.144. The Morgan fingerprint density at radius 2 is 1.57 bits per heavy atom. The van der Waals surface area contributed by atoms with Crippen LogP contribution in [-0.2, 0) is 27.2 Å². The van der Waals surface area contributed by atoms with Crippen LogP contribution < -0.4 is 10.1 Å². The molecule has 3 aliphatic rings. The van der Waals surface area contributed by atoms with Crippen molar-refractivity contribution in [2.24, 2.45) is 0 Å². The summed E-state index contributed by atoms with van der Waals surface area (Å²) >= 11 is 0. The standard InChI is InChI=1S/C40H44F3N3O5/c1-25-7-9-27(10-8-25)19-20-46(30-15-16-30)40(50)37-31(22-29-23-45(24-34(37)44-29)35(47)5-2-6-36(48)49)28-13-11-26(12-14-28)4-3-21-51-39-33(42)18-17-32(41)38(39)43/h7-14,17-18,29-30,34,44H,2-6,15-16,19-24H2,1H3,(H,48,49)/t29-,34-/m1/s1. The van der Waals surface area contributed by atoms with Crippen molar-refractivity contribution in [1.82, 2.24) is 15.1 Å². The zero-order valence-electron chi connectivity index (χ0n) is 28.8. The van der Waals surface area contributed by atoms with Gasteiger partial charge in [-0.1, -0.05) is 54.1 Å². The van der Waals surface area contributed by atoms with Crippen molar-refractivity contribution in [3.05, 3.63) is 106 Å². The average molecular weight is 704 g/mol. The Balaban J connectivity index is 1.20. The number of amides is 2. The van der Waals surface area contributed by atoms with Gasteiger partial charge in [0.15, 0.2) is 17.4 Å². The molecule has 3 aromatic rings. The van der Waals surface area contributed by atoms with E-state index in [-0.39, 0.29) is 55.8 Å². The zero-order chi connectivity index (χ0) is 36.1. The first-order chi connectivity index (χ1) is 24.6. The van der Waals surface area contributed by atoms with E-state index < -0.39 is 29.2 Å². The lowest BCUT2D eigenvalue weighted by Crippen LogP contribution is -2.62. The molecular weight excluding hydrogens is 659 g/mol. The maximum Gasteiger partial charge on any atom is 0.303 e. The van der Waals surface area contributed by atoms with Crippen molar-refractivity contribution in [1.29, 1.82) is 0 Å². The highest BCUT2D eigenvalue weighted by atomic mass is 19.2. The number of carbonyl (C=O) groups excluding carboxylic acids is 2. The Bertz CT molecular complexity index is 1770. The van der Waals surface area contributed by atoms with Crippen molar-refractivity contribution in [2.45, 2.75) is 82.8 Å². The molecule has 1 aliphatic carbocycles. The summed E-state index contributed by atoms with van der Waals surface area (Å²) in [6, 6.07) is 17.6. The van der Waals surface area contributed by atoms with Crippen molar-refractivity contribution < 1.29 is 37.4 Å². The van der Waals surface area contributed by atoms with Crippen LogP contribution in [0.5, 0.6) is 5.75 Å². The largest absolute Gasteiger partial charge is 0.488 e. The lowest BCUT2D eigenvalue weighted by molar-refractivity contribution is -0.138. The molecule has 0 unspecified atom stereocenters. The van der Waals surface area contributed by atoms with E-state index in [2.05, 4.69) is 29.6 Å². The second-order valence-electron chi connectivity index (χ2n) is 13.8. The molecule has 0 radical (unpaired) electrons. The maximum atomic E-state index is 14.7. The molecule has 2 atom stereocenters. The van der Waals surface area contributed by atoms with E-state index in [0.717, 1.165) is 53.7 Å². The fourth-order valence-corrected chi connectivity index (χ4v) is 7.08. The van der Waals surface area contributed by atoms with E-state index in [1.54, 1.807) is 4.90 Å². The number of hydrogen-bond donors (Lipinski definition) is 2. The molecule has 0 aromatic heterocycles. The molecule has 11 heteroatoms. The molecule has 3 aromatic carbocycles. The number of ether oxygens (including phenoxy) is 1. The number of piperazine rings is 1. The van der Waals surface area contributed by atoms with Crippen molar-refractivity contribution >= 4 is 23.4 Å². The fourth-order valence-electron chi connectivity index (χ4n) is 7.08. The van der Waals surface area contributed by atoms with Crippen LogP contribution in [-0.4, -0.2) is 77.1 Å². The van der Waals surface area contributed by atoms with Gasteiger partial charge in [-0.25, -0.2) is 8.78 Å². The minimum absolute atomic E-state index is 0.00297. The molecule has 0 spiro atoms. The van der Waals surface area contributed by atoms with Gasteiger partial charge in [0.1, 0.15) is 0 Å². The number of hydrogen-bond acceptors (Lipinski definition) is 5. The summed E-state index contributed by atoms with van der Waals surface area (Å²) < 4.78 is 46.6. The fraction of sp³-hybridized carbons (Fsp3) is 0.425. The highest BCUT2D eigenvalue weighted by Gasteiger charge is 2.43. The summed E-state index contributed by atoms with van der Waals surface area (Å²) in [5, 5.41) is 12.7. The van der Waals surface area contributed by atoms with Crippen LogP contribution in [0, 0.1) is 24.4 Å². The van der Waals surface area contributed by atoms with E-state index >= 15 is 0 Å². The number of benzene rings is 3. The number of aryl methyl sites for hydroxylation is 2. The summed E-state index contributed by atoms with van der Waals surface area (Å²) in [4.78, 5) is 42.7. The molecule has 2 fully saturated rings. The van der Waals surface area contributed by atoms with Crippen LogP contribution in [0.2, 0.25) is 0 Å². The Hall–Kier alpha value is -4.64. The van der Waals surface area contributed by atoms with Gasteiger partial charge in [0.05, 0.1) is 12.6 Å². The first-order valence-electron chi connectivity index (χ1n) is 17.8. The molecule has 1 saturated carbocycles. The Morgan fingerprint density at radius 1 is 0.882 bits per heavy atom. The van der Waals surface area contributed by atoms with Gasteiger partial charge in [-0.3, -0.25) is 14.4 Å². The number of halogens is 3. The van der Waals surface area contributed by atoms with E-state index in [0.29, 0.717) is 44.5 Å². The predicted octanol–water partition coefficient (Wildman–Crippen LogP) is 6.24. The summed E-state index contributed by atoms with van der Waals surface area (Å²) in [6.07, 6.45) is 4.54. The van der Waals surface area contributed by atoms with Gasteiger partial charge in [0.25, 0.3) is 5.91 Å². The van der Waals surface area contributed by atoms with E-state index in [9.17, 15) is 27.6 Å². The second-order valence-corrected chi connectivity index (χ2v) is 13.8. The number of carboxylic acids is 1. The third-order valence-corrected chi connectivity index (χ3v) is 9.94. The minimum atomic E-state index is -1.34. The Morgan fingerprint density at radius 3 is 2.27 bits per heavy atom. The van der Waals surface area contributed by atoms with Crippen LogP contribution in [0.3, 0.4) is 0 Å². The molecule has 6 rings (SSSR count). The number of aliphatic carboxylic acids is 1. The predicted molar refractivity (Wildman–Crippen MR) is 187 cm³/mol. The molecule has 1 saturated heterocycles. The van der Waals surface area contributed by atoms with Gasteiger partial charge in [-0.2, -0.15) is 4.39 Å². The molecule has 2 heterocycles. The highest BCUT2D eigenvalue weighted by Crippen LogP contribution is 2.37. The van der Waals surface area contributed by atoms with Crippen molar-refractivity contribution in [2.75, 3.05) is 26.2 Å². The molecule has 270 valence electrons. The topological polar surface area (TPSA) is 99.2 Å². The van der Waals surface area contributed by atoms with E-state index in [1.165, 1.54) is 5.56 Å². The molecule has 2 aliphatic heterocycles. The van der Waals surface area contributed by atoms with Crippen LogP contribution in [0.25, 0.3) is 5.57 Å². The number of carboxylic acid groups (broad SMARTS) is 1. The first-order valence-corrected chi connectivity index (χ1v) is 17.8. The SMILES string of the molecule is Cc1ccc(CCN(C(=O)C2=C(c3ccc(CCCOc4c(F)ccc(F)c4F)cc3)C[C@@H]3CN(C(=O)CCCC(=O)O)C[C@H]2N3)C2CC2)cc1. The van der Waals surface area contributed by atoms with Crippen molar-refractivity contribution in [3.63, 3.8) is 0 Å². The summed E-state index contributed by atoms with van der Waals surface area (Å²) in [7, 11) is 0. The lowest BCUT2D eigenvalue weighted by atomic mass is 9.82. The van der Waals surface area contributed by atoms with Gasteiger partial charge in [0, 0.05) is 50.1 Å². The van der Waals surface area contributed by atoms with E-state index in [1.807, 2.05) is 36.1 Å². The second kappa shape index (κ2) is 16.1. The third kappa shape index (κ3) is 9.00. The Labute approximate surface area is 296 Å². The van der Waals surface area contributed by atoms with Crippen LogP contribution in [0.1, 0.15) is 67.2 Å². The number of fused-ring (bicyclic) bond motifs is 2. The third-order valence-electron chi connectivity index (χ3n) is 9.94. The zero-order valence-corrected chi connectivity index (χ0v) is 28.8. The number of nitrogens with one attached hydrogen (secondary N) is 1. The summed E-state index contributed by atoms with van der Waals surface area (Å²) in [6.45, 7) is 3.43. The molecule has 51 heavy (non-hydrogen) atoms. The molecule has 2 bridgehead atoms. The van der Waals surface area contributed by atoms with Gasteiger partial charge in [0.2, 0.25) is 11.7 Å². The highest BCUT2D eigenvalue weighted by molar-refractivity contribution is 6.03. The van der Waals surface area contributed by atoms with Crippen LogP contribution >= 0.6 is 0 Å². The normalized spacial score (nSPS) is 18.5. The molecule has 2 amide bonds. The number of carbonyl (C=O) groups is 3. The first kappa shape index (κ1) is 36.2. The summed E-state index contributed by atoms with van der Waals surface area (Å²) in [5.41, 5.74) is 5.87. The smallest absolute Gasteiger partial charge is 0.303 e. The van der Waals surface area contributed by atoms with E-state index in [4.69, 9.17) is 9.84 Å². The lowest BCUT2D eigenvalue weighted by Gasteiger charge is -2.45.